The second kappa shape index (κ2) is 8.02. The smallest absolute Gasteiger partial charge is 0.269 e. The molecule has 0 unspecified atom stereocenters. The average molecular weight is 373 g/mol. The van der Waals surface area contributed by atoms with E-state index in [1.54, 1.807) is 0 Å². The fraction of sp³-hybridized carbons (Fsp3) is 0.278. The zero-order valence-corrected chi connectivity index (χ0v) is 14.3. The molecule has 0 spiro atoms. The molecule has 0 saturated carbocycles. The van der Waals surface area contributed by atoms with E-state index in [0.717, 1.165) is 5.56 Å². The third-order valence-electron chi connectivity index (χ3n) is 4.24. The highest BCUT2D eigenvalue weighted by Gasteiger charge is 2.24. The maximum Gasteiger partial charge on any atom is 0.269 e. The summed E-state index contributed by atoms with van der Waals surface area (Å²) in [6, 6.07) is 9.61. The highest BCUT2D eigenvalue weighted by Crippen LogP contribution is 2.32. The summed E-state index contributed by atoms with van der Waals surface area (Å²) in [5.41, 5.74) is 7.00. The van der Waals surface area contributed by atoms with Crippen LogP contribution >= 0.6 is 0 Å². The molecule has 142 valence electrons. The van der Waals surface area contributed by atoms with E-state index in [0.29, 0.717) is 30.0 Å². The van der Waals surface area contributed by atoms with Crippen LogP contribution in [0, 0.1) is 10.1 Å². The maximum absolute atomic E-state index is 12.2. The quantitative estimate of drug-likeness (QED) is 0.487. The Morgan fingerprint density at radius 2 is 1.93 bits per heavy atom. The van der Waals surface area contributed by atoms with Crippen LogP contribution in [0.1, 0.15) is 17.2 Å². The van der Waals surface area contributed by atoms with Crippen molar-refractivity contribution >= 4 is 11.6 Å². The molecule has 0 saturated heterocycles. The van der Waals surface area contributed by atoms with E-state index in [2.05, 4.69) is 5.32 Å². The van der Waals surface area contributed by atoms with Gasteiger partial charge in [0.1, 0.15) is 12.1 Å². The van der Waals surface area contributed by atoms with Gasteiger partial charge in [0, 0.05) is 18.7 Å². The van der Waals surface area contributed by atoms with Crippen molar-refractivity contribution in [1.29, 1.82) is 0 Å². The van der Waals surface area contributed by atoms with Crippen LogP contribution in [0.5, 0.6) is 11.5 Å². The lowest BCUT2D eigenvalue weighted by Crippen LogP contribution is -2.45. The molecular weight excluding hydrogens is 354 g/mol. The van der Waals surface area contributed by atoms with E-state index in [1.165, 1.54) is 24.3 Å². The van der Waals surface area contributed by atoms with Crippen molar-refractivity contribution in [3.63, 3.8) is 0 Å². The topological polar surface area (TPSA) is 137 Å². The number of benzene rings is 2. The van der Waals surface area contributed by atoms with Crippen LogP contribution in [-0.4, -0.2) is 35.3 Å². The van der Waals surface area contributed by atoms with Crippen molar-refractivity contribution < 1.29 is 24.3 Å². The van der Waals surface area contributed by atoms with Crippen molar-refractivity contribution in [2.45, 2.75) is 18.6 Å². The van der Waals surface area contributed by atoms with Crippen LogP contribution in [-0.2, 0) is 11.2 Å². The first-order valence-corrected chi connectivity index (χ1v) is 8.30. The van der Waals surface area contributed by atoms with Crippen molar-refractivity contribution in [3.8, 4) is 11.5 Å². The number of aliphatic hydroxyl groups is 1. The Morgan fingerprint density at radius 1 is 1.22 bits per heavy atom. The Hall–Kier alpha value is -3.17. The lowest BCUT2D eigenvalue weighted by atomic mass is 10.0. The van der Waals surface area contributed by atoms with E-state index in [9.17, 15) is 20.0 Å². The van der Waals surface area contributed by atoms with Gasteiger partial charge < -0.3 is 25.6 Å². The third kappa shape index (κ3) is 4.33. The van der Waals surface area contributed by atoms with E-state index in [-0.39, 0.29) is 12.5 Å². The first kappa shape index (κ1) is 18.6. The number of carbonyl (C=O) groups excluding carboxylic acids is 1. The molecule has 0 aromatic heterocycles. The predicted molar refractivity (Wildman–Crippen MR) is 95.3 cm³/mol. The molecule has 0 fully saturated rings. The SMILES string of the molecule is N[C@@H](C(=O)NCCc1ccc2c(c1)OCO2)[C@@H](O)c1ccc([N+](=O)[O-])cc1. The minimum absolute atomic E-state index is 0.104. The van der Waals surface area contributed by atoms with Gasteiger partial charge in [-0.2, -0.15) is 0 Å². The van der Waals surface area contributed by atoms with Crippen LogP contribution in [0.3, 0.4) is 0 Å². The Kier molecular flexibility index (Phi) is 5.53. The monoisotopic (exact) mass is 373 g/mol. The number of hydrogen-bond donors (Lipinski definition) is 3. The molecule has 1 aliphatic heterocycles. The zero-order valence-electron chi connectivity index (χ0n) is 14.3. The Balaban J connectivity index is 1.51. The molecule has 0 bridgehead atoms. The number of rotatable bonds is 7. The summed E-state index contributed by atoms with van der Waals surface area (Å²) >= 11 is 0. The van der Waals surface area contributed by atoms with Gasteiger partial charge in [0.2, 0.25) is 12.7 Å². The largest absolute Gasteiger partial charge is 0.454 e. The summed E-state index contributed by atoms with van der Waals surface area (Å²) in [4.78, 5) is 22.3. The van der Waals surface area contributed by atoms with Crippen molar-refractivity contribution in [2.75, 3.05) is 13.3 Å². The van der Waals surface area contributed by atoms with Crippen molar-refractivity contribution in [2.24, 2.45) is 5.73 Å². The minimum atomic E-state index is -1.27. The first-order valence-electron chi connectivity index (χ1n) is 8.30. The second-order valence-corrected chi connectivity index (χ2v) is 6.05. The lowest BCUT2D eigenvalue weighted by molar-refractivity contribution is -0.384. The molecule has 1 aliphatic rings. The van der Waals surface area contributed by atoms with Gasteiger partial charge in [-0.15, -0.1) is 0 Å². The highest BCUT2D eigenvalue weighted by molar-refractivity contribution is 5.82. The molecule has 9 nitrogen and oxygen atoms in total. The average Bonchev–Trinajstić information content (AvgIpc) is 3.14. The molecule has 3 rings (SSSR count). The molecule has 0 aliphatic carbocycles. The summed E-state index contributed by atoms with van der Waals surface area (Å²) in [5.74, 6) is 0.849. The summed E-state index contributed by atoms with van der Waals surface area (Å²) in [6.07, 6.45) is -0.709. The van der Waals surface area contributed by atoms with Crippen molar-refractivity contribution in [1.82, 2.24) is 5.32 Å². The number of nitrogens with two attached hydrogens (primary N) is 1. The first-order chi connectivity index (χ1) is 13.0. The Labute approximate surface area is 154 Å². The van der Waals surface area contributed by atoms with E-state index in [4.69, 9.17) is 15.2 Å². The van der Waals surface area contributed by atoms with Gasteiger partial charge in [0.25, 0.3) is 5.69 Å². The molecule has 27 heavy (non-hydrogen) atoms. The minimum Gasteiger partial charge on any atom is -0.454 e. The maximum atomic E-state index is 12.2. The highest BCUT2D eigenvalue weighted by atomic mass is 16.7. The third-order valence-corrected chi connectivity index (χ3v) is 4.24. The summed E-state index contributed by atoms with van der Waals surface area (Å²) < 4.78 is 10.5. The van der Waals surface area contributed by atoms with Crippen molar-refractivity contribution in [3.05, 3.63) is 63.7 Å². The number of nitrogens with one attached hydrogen (secondary N) is 1. The molecule has 1 heterocycles. The molecule has 2 aromatic rings. The fourth-order valence-electron chi connectivity index (χ4n) is 2.69. The fourth-order valence-corrected chi connectivity index (χ4v) is 2.69. The number of nitro benzene ring substituents is 1. The predicted octanol–water partition coefficient (Wildman–Crippen LogP) is 1.04. The molecule has 2 atom stereocenters. The number of ether oxygens (including phenoxy) is 2. The van der Waals surface area contributed by atoms with Gasteiger partial charge >= 0.3 is 0 Å². The molecule has 4 N–H and O–H groups in total. The van der Waals surface area contributed by atoms with Gasteiger partial charge in [0.05, 0.1) is 4.92 Å². The standard InChI is InChI=1S/C18H19N3O6/c19-16(17(22)12-2-4-13(5-3-12)21(24)25)18(23)20-8-7-11-1-6-14-15(9-11)27-10-26-14/h1-6,9,16-17,22H,7-8,10,19H2,(H,20,23)/t16-,17+/m1/s1. The van der Waals surface area contributed by atoms with Crippen LogP contribution < -0.4 is 20.5 Å². The van der Waals surface area contributed by atoms with Crippen LogP contribution in [0.4, 0.5) is 5.69 Å². The van der Waals surface area contributed by atoms with E-state index in [1.807, 2.05) is 18.2 Å². The summed E-state index contributed by atoms with van der Waals surface area (Å²) in [5, 5.41) is 23.6. The summed E-state index contributed by atoms with van der Waals surface area (Å²) in [6.45, 7) is 0.532. The molecule has 1 amide bonds. The number of nitro groups is 1. The molecule has 0 radical (unpaired) electrons. The van der Waals surface area contributed by atoms with Gasteiger partial charge in [-0.1, -0.05) is 6.07 Å². The number of carbonyl (C=O) groups is 1. The molecular formula is C18H19N3O6. The van der Waals surface area contributed by atoms with Crippen LogP contribution in [0.15, 0.2) is 42.5 Å². The summed E-state index contributed by atoms with van der Waals surface area (Å²) in [7, 11) is 0. The Morgan fingerprint density at radius 3 is 2.63 bits per heavy atom. The number of non-ortho nitro benzene ring substituents is 1. The molecule has 2 aromatic carbocycles. The number of nitrogens with zero attached hydrogens (tertiary/aromatic N) is 1. The lowest BCUT2D eigenvalue weighted by Gasteiger charge is -2.18. The van der Waals surface area contributed by atoms with Gasteiger partial charge in [-0.25, -0.2) is 0 Å². The zero-order chi connectivity index (χ0) is 19.4. The number of fused-ring (bicyclic) bond motifs is 1. The van der Waals surface area contributed by atoms with E-state index >= 15 is 0 Å². The number of aliphatic hydroxyl groups excluding tert-OH is 1. The second-order valence-electron chi connectivity index (χ2n) is 6.05. The molecule has 9 heteroatoms. The Bertz CT molecular complexity index is 839. The normalized spacial score (nSPS) is 14.4. The van der Waals surface area contributed by atoms with Crippen LogP contribution in [0.25, 0.3) is 0 Å². The van der Waals surface area contributed by atoms with Gasteiger partial charge in [0.15, 0.2) is 11.5 Å². The number of hydrogen-bond acceptors (Lipinski definition) is 7. The van der Waals surface area contributed by atoms with Gasteiger partial charge in [-0.05, 0) is 41.8 Å². The number of amides is 1. The van der Waals surface area contributed by atoms with Gasteiger partial charge in [-0.3, -0.25) is 14.9 Å². The van der Waals surface area contributed by atoms with Crippen LogP contribution in [0.2, 0.25) is 0 Å². The van der Waals surface area contributed by atoms with E-state index < -0.39 is 23.0 Å².